The van der Waals surface area contributed by atoms with Gasteiger partial charge in [-0.25, -0.2) is 14.7 Å². The summed E-state index contributed by atoms with van der Waals surface area (Å²) in [7, 11) is 0. The zero-order valence-electron chi connectivity index (χ0n) is 21.7. The Morgan fingerprint density at radius 1 is 0.919 bits per heavy atom. The molecule has 3 aromatic rings. The normalized spacial score (nSPS) is 15.8. The van der Waals surface area contributed by atoms with Crippen LogP contribution >= 0.6 is 0 Å². The second kappa shape index (κ2) is 14.8. The quantitative estimate of drug-likeness (QED) is 0.209. The first-order valence-corrected chi connectivity index (χ1v) is 13.7. The highest BCUT2D eigenvalue weighted by Crippen LogP contribution is 2.19. The number of ether oxygens (including phenoxy) is 1. The molecule has 198 valence electrons. The first kappa shape index (κ1) is 27.2. The van der Waals surface area contributed by atoms with Crippen LogP contribution < -0.4 is 5.48 Å². The third-order valence-corrected chi connectivity index (χ3v) is 7.03. The average molecular weight is 507 g/mol. The Bertz CT molecular complexity index is 1090. The van der Waals surface area contributed by atoms with E-state index < -0.39 is 0 Å². The zero-order chi connectivity index (χ0) is 25.7. The Morgan fingerprint density at radius 2 is 1.73 bits per heavy atom. The van der Waals surface area contributed by atoms with Gasteiger partial charge in [-0.3, -0.25) is 4.79 Å². The maximum atomic E-state index is 13.3. The molecule has 4 rings (SSSR count). The average Bonchev–Trinajstić information content (AvgIpc) is 2.94. The summed E-state index contributed by atoms with van der Waals surface area (Å²) in [6.07, 6.45) is 7.80. The maximum Gasteiger partial charge on any atom is 0.243 e. The Labute approximate surface area is 219 Å². The summed E-state index contributed by atoms with van der Waals surface area (Å²) < 4.78 is 18.8. The Morgan fingerprint density at radius 3 is 2.57 bits per heavy atom. The third-order valence-electron chi connectivity index (χ3n) is 7.03. The van der Waals surface area contributed by atoms with Gasteiger partial charge >= 0.3 is 0 Å². The van der Waals surface area contributed by atoms with Crippen LogP contribution in [0.3, 0.4) is 0 Å². The predicted octanol–water partition coefficient (Wildman–Crippen LogP) is 6.20. The van der Waals surface area contributed by atoms with Crippen molar-refractivity contribution in [2.75, 3.05) is 26.2 Å². The molecule has 1 aliphatic heterocycles. The van der Waals surface area contributed by atoms with Crippen LogP contribution in [0.25, 0.3) is 10.8 Å². The van der Waals surface area contributed by atoms with Gasteiger partial charge in [0.2, 0.25) is 5.91 Å². The highest BCUT2D eigenvalue weighted by molar-refractivity contribution is 5.85. The number of carbonyl (C=O) groups is 1. The molecule has 1 N–H and O–H groups in total. The second-order valence-corrected chi connectivity index (χ2v) is 9.86. The fourth-order valence-electron chi connectivity index (χ4n) is 4.85. The smallest absolute Gasteiger partial charge is 0.243 e. The molecule has 0 aromatic heterocycles. The summed E-state index contributed by atoms with van der Waals surface area (Å²) in [6, 6.07) is 21.9. The lowest BCUT2D eigenvalue weighted by molar-refractivity contribution is -0.200. The van der Waals surface area contributed by atoms with Crippen molar-refractivity contribution in [3.8, 4) is 0 Å². The van der Waals surface area contributed by atoms with Crippen LogP contribution in [0.5, 0.6) is 0 Å². The molecule has 0 aliphatic carbocycles. The highest BCUT2D eigenvalue weighted by Gasteiger charge is 2.15. The van der Waals surface area contributed by atoms with Gasteiger partial charge in [-0.15, -0.1) is 0 Å². The van der Waals surface area contributed by atoms with Crippen molar-refractivity contribution in [3.05, 3.63) is 83.7 Å². The summed E-state index contributed by atoms with van der Waals surface area (Å²) in [5.41, 5.74) is 5.06. The fourth-order valence-corrected chi connectivity index (χ4v) is 4.85. The lowest BCUT2D eigenvalue weighted by Crippen LogP contribution is -2.33. The highest BCUT2D eigenvalue weighted by atomic mass is 19.1. The van der Waals surface area contributed by atoms with Gasteiger partial charge in [-0.2, -0.15) is 0 Å². The molecule has 0 bridgehead atoms. The molecule has 5 nitrogen and oxygen atoms in total. The van der Waals surface area contributed by atoms with Crippen LogP contribution in [-0.2, 0) is 27.2 Å². The van der Waals surface area contributed by atoms with E-state index in [1.807, 2.05) is 12.1 Å². The van der Waals surface area contributed by atoms with Gasteiger partial charge in [-0.05, 0) is 79.1 Å². The zero-order valence-corrected chi connectivity index (χ0v) is 21.7. The molecule has 1 saturated heterocycles. The number of unbranched alkanes of at least 4 members (excludes halogenated alkanes) is 2. The van der Waals surface area contributed by atoms with Gasteiger partial charge in [0.1, 0.15) is 5.82 Å². The molecule has 1 heterocycles. The number of benzene rings is 3. The molecular weight excluding hydrogens is 467 g/mol. The van der Waals surface area contributed by atoms with E-state index in [1.54, 1.807) is 0 Å². The lowest BCUT2D eigenvalue weighted by Gasteiger charge is -2.23. The van der Waals surface area contributed by atoms with Gasteiger partial charge < -0.3 is 9.64 Å². The molecule has 1 aliphatic rings. The van der Waals surface area contributed by atoms with Crippen LogP contribution in [0.4, 0.5) is 4.39 Å². The largest absolute Gasteiger partial charge is 0.350 e. The fraction of sp³-hybridized carbons (Fsp3) is 0.452. The van der Waals surface area contributed by atoms with Crippen molar-refractivity contribution < 1.29 is 18.8 Å². The number of carbonyl (C=O) groups excluding carboxylic acids is 1. The first-order valence-electron chi connectivity index (χ1n) is 13.7. The van der Waals surface area contributed by atoms with Crippen molar-refractivity contribution in [1.29, 1.82) is 0 Å². The van der Waals surface area contributed by atoms with Crippen molar-refractivity contribution in [2.45, 2.75) is 64.1 Å². The van der Waals surface area contributed by atoms with Gasteiger partial charge in [-0.1, -0.05) is 61.0 Å². The topological polar surface area (TPSA) is 50.8 Å². The van der Waals surface area contributed by atoms with E-state index in [0.717, 1.165) is 76.6 Å². The van der Waals surface area contributed by atoms with Crippen molar-refractivity contribution in [2.24, 2.45) is 0 Å². The van der Waals surface area contributed by atoms with Crippen LogP contribution in [0.1, 0.15) is 56.1 Å². The Balaban J connectivity index is 1.22. The molecule has 0 radical (unpaired) electrons. The predicted molar refractivity (Wildman–Crippen MR) is 145 cm³/mol. The maximum absolute atomic E-state index is 13.3. The number of rotatable bonds is 14. The van der Waals surface area contributed by atoms with Crippen LogP contribution in [0.2, 0.25) is 0 Å². The molecule has 0 spiro atoms. The van der Waals surface area contributed by atoms with E-state index in [9.17, 15) is 9.18 Å². The van der Waals surface area contributed by atoms with Crippen molar-refractivity contribution >= 4 is 16.7 Å². The summed E-state index contributed by atoms with van der Waals surface area (Å²) in [4.78, 5) is 20.0. The standard InChI is InChI=1S/C31H39FN2O3/c32-28-17-15-25(16-18-28)19-22-34(23-20-27-11-8-10-26-9-3-4-12-29(26)27)21-6-1-2-13-30(35)33-37-31-14-5-7-24-36-31/h3-4,8-12,15-18,31H,1-2,5-7,13-14,19-24H2,(H,33,35). The van der Waals surface area contributed by atoms with Gasteiger partial charge in [0.05, 0.1) is 0 Å². The monoisotopic (exact) mass is 506 g/mol. The number of fused-ring (bicyclic) bond motifs is 1. The molecule has 1 unspecified atom stereocenters. The number of hydrogen-bond donors (Lipinski definition) is 1. The molecule has 1 atom stereocenters. The Hall–Kier alpha value is -2.80. The molecule has 1 amide bonds. The van der Waals surface area contributed by atoms with E-state index in [1.165, 1.54) is 28.5 Å². The molecule has 37 heavy (non-hydrogen) atoms. The van der Waals surface area contributed by atoms with E-state index in [4.69, 9.17) is 9.57 Å². The van der Waals surface area contributed by atoms with Gasteiger partial charge in [0.25, 0.3) is 0 Å². The molecular formula is C31H39FN2O3. The summed E-state index contributed by atoms with van der Waals surface area (Å²) in [5.74, 6) is -0.282. The lowest BCUT2D eigenvalue weighted by atomic mass is 10.0. The van der Waals surface area contributed by atoms with Crippen LogP contribution in [0.15, 0.2) is 66.7 Å². The SMILES string of the molecule is O=C(CCCCCN(CCc1ccc(F)cc1)CCc1cccc2ccccc12)NOC1CCCCO1. The number of amides is 1. The second-order valence-electron chi connectivity index (χ2n) is 9.86. The molecule has 3 aromatic carbocycles. The van der Waals surface area contributed by atoms with Gasteiger partial charge in [0, 0.05) is 32.5 Å². The number of halogens is 1. The van der Waals surface area contributed by atoms with E-state index >= 15 is 0 Å². The third kappa shape index (κ3) is 9.22. The summed E-state index contributed by atoms with van der Waals surface area (Å²) >= 11 is 0. The minimum Gasteiger partial charge on any atom is -0.350 e. The summed E-state index contributed by atoms with van der Waals surface area (Å²) in [5, 5.41) is 2.59. The van der Waals surface area contributed by atoms with E-state index in [0.29, 0.717) is 13.0 Å². The number of hydrogen-bond acceptors (Lipinski definition) is 4. The van der Waals surface area contributed by atoms with Crippen LogP contribution in [-0.4, -0.2) is 43.3 Å². The first-order chi connectivity index (χ1) is 18.2. The molecule has 1 fully saturated rings. The number of nitrogens with zero attached hydrogens (tertiary/aromatic N) is 1. The van der Waals surface area contributed by atoms with Crippen molar-refractivity contribution in [3.63, 3.8) is 0 Å². The summed E-state index contributed by atoms with van der Waals surface area (Å²) in [6.45, 7) is 3.55. The molecule has 0 saturated carbocycles. The van der Waals surface area contributed by atoms with Crippen LogP contribution in [0, 0.1) is 5.82 Å². The number of hydroxylamine groups is 1. The van der Waals surface area contributed by atoms with Gasteiger partial charge in [0.15, 0.2) is 6.29 Å². The number of nitrogens with one attached hydrogen (secondary N) is 1. The van der Waals surface area contributed by atoms with E-state index in [-0.39, 0.29) is 18.0 Å². The minimum atomic E-state index is -0.311. The van der Waals surface area contributed by atoms with Crippen molar-refractivity contribution in [1.82, 2.24) is 10.4 Å². The minimum absolute atomic E-state index is 0.0849. The van der Waals surface area contributed by atoms with E-state index in [2.05, 4.69) is 52.8 Å². The Kier molecular flexibility index (Phi) is 10.9. The molecule has 6 heteroatoms.